The van der Waals surface area contributed by atoms with Crippen LogP contribution >= 0.6 is 0 Å². The highest BCUT2D eigenvalue weighted by Gasteiger charge is 2.38. The Morgan fingerprint density at radius 3 is 2.00 bits per heavy atom. The van der Waals surface area contributed by atoms with Crippen molar-refractivity contribution < 1.29 is 40.7 Å². The Morgan fingerprint density at radius 2 is 1.46 bits per heavy atom. The molecule has 0 saturated carbocycles. The number of Topliss-reactive ketones (excluding diaryl/α,β-unsaturated/α-hetero) is 1. The largest absolute Gasteiger partial charge is 0.465 e. The Balaban J connectivity index is 1.69. The highest BCUT2D eigenvalue weighted by atomic mass is 19.4. The van der Waals surface area contributed by atoms with E-state index in [9.17, 15) is 35.9 Å². The maximum absolute atomic E-state index is 13.3. The quantitative estimate of drug-likeness (QED) is 0.298. The van der Waals surface area contributed by atoms with E-state index in [1.165, 1.54) is 25.3 Å². The van der Waals surface area contributed by atoms with Gasteiger partial charge in [0.15, 0.2) is 5.78 Å². The number of ether oxygens (including phenoxy) is 1. The van der Waals surface area contributed by atoms with E-state index in [-0.39, 0.29) is 35.0 Å². The average Bonchev–Trinajstić information content (AvgIpc) is 3.13. The summed E-state index contributed by atoms with van der Waals surface area (Å²) in [5.74, 6) is -1.28. The fourth-order valence-corrected chi connectivity index (χ4v) is 4.32. The van der Waals surface area contributed by atoms with Crippen LogP contribution in [0.4, 0.5) is 26.3 Å². The first kappa shape index (κ1) is 24.5. The molecule has 1 aliphatic carbocycles. The molecular weight excluding hydrogens is 474 g/mol. The molecule has 0 amide bonds. The fourth-order valence-electron chi connectivity index (χ4n) is 4.32. The first-order valence-corrected chi connectivity index (χ1v) is 10.5. The molecule has 182 valence electrons. The minimum atomic E-state index is -4.97. The lowest BCUT2D eigenvalue weighted by atomic mass is 9.92. The molecule has 35 heavy (non-hydrogen) atoms. The summed E-state index contributed by atoms with van der Waals surface area (Å²) in [6, 6.07) is 12.3. The monoisotopic (exact) mass is 492 g/mol. The van der Waals surface area contributed by atoms with E-state index in [0.717, 1.165) is 5.56 Å². The SMILES string of the molecule is COC(=O)c1ccc(CC2Cc3c(cccc3-c3cc(C(F)(F)F)cc(C(F)(F)F)c3)C2=O)cc1. The van der Waals surface area contributed by atoms with Gasteiger partial charge in [-0.15, -0.1) is 0 Å². The number of halogens is 6. The van der Waals surface area contributed by atoms with E-state index in [0.29, 0.717) is 29.7 Å². The van der Waals surface area contributed by atoms with Gasteiger partial charge in [-0.1, -0.05) is 30.3 Å². The highest BCUT2D eigenvalue weighted by molar-refractivity contribution is 6.04. The van der Waals surface area contributed by atoms with E-state index in [1.54, 1.807) is 24.3 Å². The minimum Gasteiger partial charge on any atom is -0.465 e. The number of ketones is 1. The number of hydrogen-bond acceptors (Lipinski definition) is 3. The summed E-state index contributed by atoms with van der Waals surface area (Å²) in [6.45, 7) is 0. The van der Waals surface area contributed by atoms with Crippen LogP contribution in [0.15, 0.2) is 60.7 Å². The summed E-state index contributed by atoms with van der Waals surface area (Å²) in [5, 5.41) is 0. The lowest BCUT2D eigenvalue weighted by molar-refractivity contribution is -0.143. The van der Waals surface area contributed by atoms with E-state index in [1.807, 2.05) is 0 Å². The Hall–Kier alpha value is -3.62. The predicted octanol–water partition coefficient (Wildman–Crippen LogP) is 6.78. The summed E-state index contributed by atoms with van der Waals surface area (Å²) < 4.78 is 84.7. The molecule has 1 atom stereocenters. The molecule has 0 radical (unpaired) electrons. The summed E-state index contributed by atoms with van der Waals surface area (Å²) in [7, 11) is 1.25. The fraction of sp³-hybridized carbons (Fsp3) is 0.231. The van der Waals surface area contributed by atoms with Crippen molar-refractivity contribution in [2.45, 2.75) is 25.2 Å². The standard InChI is InChI=1S/C26H18F6O3/c1-35-24(34)15-7-5-14(6-8-15)9-17-12-22-20(3-2-4-21(22)23(17)33)16-10-18(25(27,28)29)13-19(11-16)26(30,31)32/h2-8,10-11,13,17H,9,12H2,1H3. The minimum absolute atomic E-state index is 0.0820. The third-order valence-electron chi connectivity index (χ3n) is 6.02. The van der Waals surface area contributed by atoms with Crippen LogP contribution in [0, 0.1) is 5.92 Å². The number of esters is 1. The van der Waals surface area contributed by atoms with Crippen LogP contribution in [0.1, 0.15) is 43.0 Å². The normalized spacial score (nSPS) is 15.7. The van der Waals surface area contributed by atoms with Crippen LogP contribution in [0.5, 0.6) is 0 Å². The predicted molar refractivity (Wildman–Crippen MR) is 115 cm³/mol. The van der Waals surface area contributed by atoms with Crippen LogP contribution in [0.3, 0.4) is 0 Å². The van der Waals surface area contributed by atoms with Crippen LogP contribution < -0.4 is 0 Å². The van der Waals surface area contributed by atoms with Crippen molar-refractivity contribution in [3.63, 3.8) is 0 Å². The van der Waals surface area contributed by atoms with Gasteiger partial charge < -0.3 is 4.74 Å². The van der Waals surface area contributed by atoms with Gasteiger partial charge in [-0.2, -0.15) is 26.3 Å². The molecule has 1 unspecified atom stereocenters. The second-order valence-corrected chi connectivity index (χ2v) is 8.28. The van der Waals surface area contributed by atoms with Crippen LogP contribution in [0.2, 0.25) is 0 Å². The number of carbonyl (C=O) groups excluding carboxylic acids is 2. The van der Waals surface area contributed by atoms with Crippen molar-refractivity contribution in [3.8, 4) is 11.1 Å². The molecule has 3 aromatic carbocycles. The third kappa shape index (κ3) is 4.94. The van der Waals surface area contributed by atoms with Crippen molar-refractivity contribution in [2.24, 2.45) is 5.92 Å². The zero-order valence-corrected chi connectivity index (χ0v) is 18.3. The number of hydrogen-bond donors (Lipinski definition) is 0. The van der Waals surface area contributed by atoms with Gasteiger partial charge in [0.25, 0.3) is 0 Å². The second-order valence-electron chi connectivity index (χ2n) is 8.28. The Morgan fingerprint density at radius 1 is 0.886 bits per heavy atom. The van der Waals surface area contributed by atoms with Gasteiger partial charge in [0, 0.05) is 11.5 Å². The number of benzene rings is 3. The van der Waals surface area contributed by atoms with Crippen molar-refractivity contribution in [3.05, 3.63) is 94.0 Å². The number of alkyl halides is 6. The molecule has 0 bridgehead atoms. The Bertz CT molecular complexity index is 1260. The van der Waals surface area contributed by atoms with Gasteiger partial charge in [0.05, 0.1) is 23.8 Å². The lowest BCUT2D eigenvalue weighted by Gasteiger charge is -2.16. The average molecular weight is 492 g/mol. The summed E-state index contributed by atoms with van der Waals surface area (Å²) in [4.78, 5) is 24.6. The molecule has 3 nitrogen and oxygen atoms in total. The third-order valence-corrected chi connectivity index (χ3v) is 6.02. The Labute approximate surface area is 196 Å². The molecule has 0 aliphatic heterocycles. The van der Waals surface area contributed by atoms with Gasteiger partial charge in [0.2, 0.25) is 0 Å². The number of rotatable bonds is 4. The van der Waals surface area contributed by atoms with Gasteiger partial charge in [0.1, 0.15) is 0 Å². The molecule has 0 spiro atoms. The molecule has 0 saturated heterocycles. The number of fused-ring (bicyclic) bond motifs is 1. The maximum Gasteiger partial charge on any atom is 0.416 e. The summed E-state index contributed by atoms with van der Waals surface area (Å²) >= 11 is 0. The molecule has 3 aromatic rings. The zero-order chi connectivity index (χ0) is 25.5. The molecular formula is C26H18F6O3. The lowest BCUT2D eigenvalue weighted by Crippen LogP contribution is -2.12. The second kappa shape index (κ2) is 8.87. The van der Waals surface area contributed by atoms with Crippen LogP contribution in [-0.4, -0.2) is 18.9 Å². The van der Waals surface area contributed by atoms with Gasteiger partial charge in [-0.3, -0.25) is 4.79 Å². The summed E-state index contributed by atoms with van der Waals surface area (Å²) in [6.07, 6.45) is -9.48. The first-order valence-electron chi connectivity index (χ1n) is 10.5. The van der Waals surface area contributed by atoms with Gasteiger partial charge >= 0.3 is 18.3 Å². The topological polar surface area (TPSA) is 43.4 Å². The Kier molecular flexibility index (Phi) is 6.21. The smallest absolute Gasteiger partial charge is 0.416 e. The van der Waals surface area contributed by atoms with Crippen LogP contribution in [-0.2, 0) is 29.9 Å². The zero-order valence-electron chi connectivity index (χ0n) is 18.3. The number of carbonyl (C=O) groups is 2. The van der Waals surface area contributed by atoms with Gasteiger partial charge in [-0.25, -0.2) is 4.79 Å². The van der Waals surface area contributed by atoms with Crippen molar-refractivity contribution >= 4 is 11.8 Å². The van der Waals surface area contributed by atoms with E-state index >= 15 is 0 Å². The van der Waals surface area contributed by atoms with Gasteiger partial charge in [-0.05, 0) is 65.4 Å². The summed E-state index contributed by atoms with van der Waals surface area (Å²) in [5.41, 5.74) is -1.12. The molecule has 4 rings (SSSR count). The van der Waals surface area contributed by atoms with Crippen molar-refractivity contribution in [1.82, 2.24) is 0 Å². The molecule has 0 fully saturated rings. The van der Waals surface area contributed by atoms with E-state index in [2.05, 4.69) is 4.74 Å². The van der Waals surface area contributed by atoms with Crippen LogP contribution in [0.25, 0.3) is 11.1 Å². The molecule has 0 aromatic heterocycles. The van der Waals surface area contributed by atoms with E-state index < -0.39 is 35.4 Å². The van der Waals surface area contributed by atoms with E-state index in [4.69, 9.17) is 0 Å². The molecule has 1 aliphatic rings. The highest BCUT2D eigenvalue weighted by Crippen LogP contribution is 2.41. The maximum atomic E-state index is 13.3. The molecule has 0 N–H and O–H groups in total. The first-order chi connectivity index (χ1) is 16.4. The molecule has 9 heteroatoms. The number of methoxy groups -OCH3 is 1. The van der Waals surface area contributed by atoms with Crippen molar-refractivity contribution in [2.75, 3.05) is 7.11 Å². The van der Waals surface area contributed by atoms with Crippen molar-refractivity contribution in [1.29, 1.82) is 0 Å². The molecule has 0 heterocycles.